The molecule has 0 radical (unpaired) electrons. The SMILES string of the molecule is CCC(N)CNCC(C)O. The summed E-state index contributed by atoms with van der Waals surface area (Å²) in [5.41, 5.74) is 5.62. The molecule has 3 heteroatoms. The topological polar surface area (TPSA) is 58.3 Å². The minimum atomic E-state index is -0.274. The maximum atomic E-state index is 8.83. The van der Waals surface area contributed by atoms with Crippen LogP contribution in [-0.2, 0) is 0 Å². The van der Waals surface area contributed by atoms with E-state index in [1.807, 2.05) is 0 Å². The molecule has 0 aromatic heterocycles. The molecule has 0 aromatic rings. The van der Waals surface area contributed by atoms with E-state index in [1.54, 1.807) is 6.92 Å². The van der Waals surface area contributed by atoms with Crippen LogP contribution in [0.5, 0.6) is 0 Å². The standard InChI is InChI=1S/C7H18N2O/c1-3-7(8)5-9-4-6(2)10/h6-7,9-10H,3-5,8H2,1-2H3. The predicted molar refractivity (Wildman–Crippen MR) is 42.8 cm³/mol. The van der Waals surface area contributed by atoms with Crippen LogP contribution in [0.1, 0.15) is 20.3 Å². The van der Waals surface area contributed by atoms with E-state index >= 15 is 0 Å². The summed E-state index contributed by atoms with van der Waals surface area (Å²) >= 11 is 0. The molecule has 0 amide bonds. The zero-order valence-corrected chi connectivity index (χ0v) is 6.80. The van der Waals surface area contributed by atoms with Crippen molar-refractivity contribution in [1.29, 1.82) is 0 Å². The van der Waals surface area contributed by atoms with Gasteiger partial charge in [0.1, 0.15) is 0 Å². The Morgan fingerprint density at radius 1 is 1.50 bits per heavy atom. The second-order valence-corrected chi connectivity index (χ2v) is 2.68. The molecule has 4 N–H and O–H groups in total. The maximum absolute atomic E-state index is 8.83. The van der Waals surface area contributed by atoms with E-state index in [-0.39, 0.29) is 12.1 Å². The Balaban J connectivity index is 3.03. The first-order chi connectivity index (χ1) is 4.66. The van der Waals surface area contributed by atoms with Gasteiger partial charge in [-0.1, -0.05) is 6.92 Å². The molecule has 10 heavy (non-hydrogen) atoms. The van der Waals surface area contributed by atoms with Gasteiger partial charge in [-0.3, -0.25) is 0 Å². The second-order valence-electron chi connectivity index (χ2n) is 2.68. The lowest BCUT2D eigenvalue weighted by Gasteiger charge is -2.10. The number of aliphatic hydroxyl groups excluding tert-OH is 1. The minimum absolute atomic E-state index is 0.221. The first-order valence-electron chi connectivity index (χ1n) is 3.81. The Morgan fingerprint density at radius 2 is 2.10 bits per heavy atom. The highest BCUT2D eigenvalue weighted by atomic mass is 16.3. The highest BCUT2D eigenvalue weighted by molar-refractivity contribution is 4.62. The van der Waals surface area contributed by atoms with E-state index in [2.05, 4.69) is 12.2 Å². The lowest BCUT2D eigenvalue weighted by Crippen LogP contribution is -2.36. The van der Waals surface area contributed by atoms with Crippen LogP contribution in [0, 0.1) is 0 Å². The van der Waals surface area contributed by atoms with Gasteiger partial charge in [-0.15, -0.1) is 0 Å². The molecule has 0 saturated carbocycles. The van der Waals surface area contributed by atoms with Crippen molar-refractivity contribution >= 4 is 0 Å². The highest BCUT2D eigenvalue weighted by Gasteiger charge is 1.98. The van der Waals surface area contributed by atoms with Crippen LogP contribution in [0.15, 0.2) is 0 Å². The van der Waals surface area contributed by atoms with Crippen LogP contribution in [-0.4, -0.2) is 30.3 Å². The van der Waals surface area contributed by atoms with Crippen molar-refractivity contribution in [2.45, 2.75) is 32.4 Å². The summed E-state index contributed by atoms with van der Waals surface area (Å²) in [4.78, 5) is 0. The highest BCUT2D eigenvalue weighted by Crippen LogP contribution is 1.82. The number of nitrogens with two attached hydrogens (primary N) is 1. The number of rotatable bonds is 5. The number of hydrogen-bond donors (Lipinski definition) is 3. The average molecular weight is 146 g/mol. The van der Waals surface area contributed by atoms with E-state index in [9.17, 15) is 0 Å². The van der Waals surface area contributed by atoms with Crippen LogP contribution in [0.3, 0.4) is 0 Å². The zero-order chi connectivity index (χ0) is 7.98. The smallest absolute Gasteiger partial charge is 0.0636 e. The molecule has 0 bridgehead atoms. The molecule has 0 aromatic carbocycles. The van der Waals surface area contributed by atoms with Crippen molar-refractivity contribution in [2.24, 2.45) is 5.73 Å². The third-order valence-electron chi connectivity index (χ3n) is 1.37. The van der Waals surface area contributed by atoms with Crippen LogP contribution in [0.2, 0.25) is 0 Å². The molecule has 0 fully saturated rings. The van der Waals surface area contributed by atoms with E-state index in [0.717, 1.165) is 13.0 Å². The van der Waals surface area contributed by atoms with E-state index in [1.165, 1.54) is 0 Å². The number of aliphatic hydroxyl groups is 1. The minimum Gasteiger partial charge on any atom is -0.392 e. The normalized spacial score (nSPS) is 16.8. The quantitative estimate of drug-likeness (QED) is 0.499. The van der Waals surface area contributed by atoms with Gasteiger partial charge in [0.2, 0.25) is 0 Å². The van der Waals surface area contributed by atoms with Gasteiger partial charge in [-0.25, -0.2) is 0 Å². The van der Waals surface area contributed by atoms with Gasteiger partial charge in [0.15, 0.2) is 0 Å². The Hall–Kier alpha value is -0.120. The average Bonchev–Trinajstić information content (AvgIpc) is 1.87. The molecule has 0 aliphatic heterocycles. The summed E-state index contributed by atoms with van der Waals surface area (Å²) in [7, 11) is 0. The van der Waals surface area contributed by atoms with E-state index < -0.39 is 0 Å². The monoisotopic (exact) mass is 146 g/mol. The summed E-state index contributed by atoms with van der Waals surface area (Å²) in [6.07, 6.45) is 0.705. The first kappa shape index (κ1) is 9.88. The fraction of sp³-hybridized carbons (Fsp3) is 1.00. The van der Waals surface area contributed by atoms with Crippen molar-refractivity contribution in [3.63, 3.8) is 0 Å². The molecule has 0 aliphatic rings. The van der Waals surface area contributed by atoms with Gasteiger partial charge in [-0.2, -0.15) is 0 Å². The Morgan fingerprint density at radius 3 is 2.50 bits per heavy atom. The van der Waals surface area contributed by atoms with Crippen LogP contribution in [0.4, 0.5) is 0 Å². The van der Waals surface area contributed by atoms with Crippen LogP contribution in [0.25, 0.3) is 0 Å². The Bertz CT molecular complexity index is 76.0. The van der Waals surface area contributed by atoms with Crippen molar-refractivity contribution in [1.82, 2.24) is 5.32 Å². The van der Waals surface area contributed by atoms with Crippen molar-refractivity contribution < 1.29 is 5.11 Å². The van der Waals surface area contributed by atoms with Gasteiger partial charge >= 0.3 is 0 Å². The molecule has 0 spiro atoms. The number of hydrogen-bond acceptors (Lipinski definition) is 3. The van der Waals surface area contributed by atoms with Crippen LogP contribution < -0.4 is 11.1 Å². The lowest BCUT2D eigenvalue weighted by atomic mass is 10.2. The molecule has 0 saturated heterocycles. The van der Waals surface area contributed by atoms with E-state index in [4.69, 9.17) is 10.8 Å². The third-order valence-corrected chi connectivity index (χ3v) is 1.37. The molecule has 62 valence electrons. The summed E-state index contributed by atoms with van der Waals surface area (Å²) in [6, 6.07) is 0.221. The molecule has 3 nitrogen and oxygen atoms in total. The van der Waals surface area contributed by atoms with Gasteiger partial charge in [0.05, 0.1) is 6.10 Å². The maximum Gasteiger partial charge on any atom is 0.0636 e. The van der Waals surface area contributed by atoms with Crippen molar-refractivity contribution in [2.75, 3.05) is 13.1 Å². The largest absolute Gasteiger partial charge is 0.392 e. The molecule has 0 rings (SSSR count). The zero-order valence-electron chi connectivity index (χ0n) is 6.80. The molecular formula is C7H18N2O. The summed E-state index contributed by atoms with van der Waals surface area (Å²) < 4.78 is 0. The van der Waals surface area contributed by atoms with Crippen LogP contribution >= 0.6 is 0 Å². The van der Waals surface area contributed by atoms with Gasteiger partial charge < -0.3 is 16.2 Å². The fourth-order valence-electron chi connectivity index (χ4n) is 0.622. The summed E-state index contributed by atoms with van der Waals surface area (Å²) in [6.45, 7) is 5.23. The van der Waals surface area contributed by atoms with Gasteiger partial charge in [-0.05, 0) is 13.3 Å². The third kappa shape index (κ3) is 6.01. The van der Waals surface area contributed by atoms with Crippen molar-refractivity contribution in [3.05, 3.63) is 0 Å². The van der Waals surface area contributed by atoms with Crippen molar-refractivity contribution in [3.8, 4) is 0 Å². The predicted octanol–water partition coefficient (Wildman–Crippen LogP) is -0.306. The van der Waals surface area contributed by atoms with Gasteiger partial charge in [0.25, 0.3) is 0 Å². The Kier molecular flexibility index (Phi) is 5.58. The van der Waals surface area contributed by atoms with E-state index in [0.29, 0.717) is 6.54 Å². The molecule has 0 aliphatic carbocycles. The van der Waals surface area contributed by atoms with Gasteiger partial charge in [0, 0.05) is 19.1 Å². The lowest BCUT2D eigenvalue weighted by molar-refractivity contribution is 0.190. The second kappa shape index (κ2) is 5.65. The fourth-order valence-corrected chi connectivity index (χ4v) is 0.622. The summed E-state index contributed by atoms with van der Waals surface area (Å²) in [5, 5.41) is 11.9. The first-order valence-corrected chi connectivity index (χ1v) is 3.81. The molecule has 2 unspecified atom stereocenters. The summed E-state index contributed by atoms with van der Waals surface area (Å²) in [5.74, 6) is 0. The molecule has 0 heterocycles. The Labute approximate surface area is 62.6 Å². The molecular weight excluding hydrogens is 128 g/mol. The molecule has 2 atom stereocenters. The number of nitrogens with one attached hydrogen (secondary N) is 1.